The maximum absolute atomic E-state index is 10.6. The maximum Gasteiger partial charge on any atom is 0.315 e. The van der Waals surface area contributed by atoms with E-state index in [0.717, 1.165) is 12.8 Å². The van der Waals surface area contributed by atoms with Crippen molar-refractivity contribution in [1.82, 2.24) is 10.6 Å². The van der Waals surface area contributed by atoms with Crippen LogP contribution in [0.15, 0.2) is 0 Å². The summed E-state index contributed by atoms with van der Waals surface area (Å²) in [5.41, 5.74) is 0. The van der Waals surface area contributed by atoms with E-state index in [9.17, 15) is 4.79 Å². The number of nitrogens with one attached hydrogen (secondary N) is 2. The second kappa shape index (κ2) is 2.71. The average Bonchev–Trinajstić information content (AvgIpc) is 2.50. The number of carbonyl (C=O) groups excluding carboxylic acids is 1. The van der Waals surface area contributed by atoms with Gasteiger partial charge in [0.15, 0.2) is 0 Å². The van der Waals surface area contributed by atoms with E-state index in [2.05, 4.69) is 17.6 Å². The highest BCUT2D eigenvalue weighted by molar-refractivity contribution is 5.74. The minimum absolute atomic E-state index is 0.0903. The summed E-state index contributed by atoms with van der Waals surface area (Å²) in [7, 11) is 0. The van der Waals surface area contributed by atoms with Crippen molar-refractivity contribution in [3.05, 3.63) is 6.92 Å². The second-order valence-corrected chi connectivity index (χ2v) is 2.17. The van der Waals surface area contributed by atoms with Gasteiger partial charge in [0.25, 0.3) is 0 Å². The molecule has 1 saturated carbocycles. The Kier molecular flexibility index (Phi) is 1.92. The molecule has 0 spiro atoms. The molecular formula is C6H11N2O. The molecule has 9 heavy (non-hydrogen) atoms. The summed E-state index contributed by atoms with van der Waals surface area (Å²) in [5.74, 6) is 0. The highest BCUT2D eigenvalue weighted by Crippen LogP contribution is 2.17. The Morgan fingerprint density at radius 3 is 2.78 bits per heavy atom. The zero-order valence-corrected chi connectivity index (χ0v) is 5.31. The molecule has 1 rings (SSSR count). The van der Waals surface area contributed by atoms with Gasteiger partial charge in [-0.15, -0.1) is 0 Å². The quantitative estimate of drug-likeness (QED) is 0.549. The first-order valence-electron chi connectivity index (χ1n) is 3.16. The standard InChI is InChI=1S/C6H11N2O/c1-2-7-6(9)8-5-3-4-5/h5H,1-4H2,(H2,7,8,9). The first-order valence-corrected chi connectivity index (χ1v) is 3.16. The lowest BCUT2D eigenvalue weighted by atomic mass is 10.6. The zero-order valence-electron chi connectivity index (χ0n) is 5.31. The van der Waals surface area contributed by atoms with Crippen LogP contribution in [0.1, 0.15) is 12.8 Å². The van der Waals surface area contributed by atoms with E-state index in [4.69, 9.17) is 0 Å². The number of hydrogen-bond donors (Lipinski definition) is 2. The number of urea groups is 1. The molecule has 2 N–H and O–H groups in total. The highest BCUT2D eigenvalue weighted by Gasteiger charge is 2.22. The van der Waals surface area contributed by atoms with Gasteiger partial charge in [-0.3, -0.25) is 0 Å². The molecule has 51 valence electrons. The van der Waals surface area contributed by atoms with Gasteiger partial charge in [-0.1, -0.05) is 0 Å². The third kappa shape index (κ3) is 2.35. The number of carbonyl (C=O) groups is 1. The molecule has 1 fully saturated rings. The van der Waals surface area contributed by atoms with E-state index < -0.39 is 0 Å². The van der Waals surface area contributed by atoms with Gasteiger partial charge in [-0.05, 0) is 19.8 Å². The Bertz CT molecular complexity index is 110. The van der Waals surface area contributed by atoms with Crippen molar-refractivity contribution in [3.8, 4) is 0 Å². The largest absolute Gasteiger partial charge is 0.338 e. The molecule has 3 heteroatoms. The lowest BCUT2D eigenvalue weighted by molar-refractivity contribution is 0.241. The van der Waals surface area contributed by atoms with Gasteiger partial charge in [0.1, 0.15) is 0 Å². The van der Waals surface area contributed by atoms with E-state index in [1.807, 2.05) is 0 Å². The highest BCUT2D eigenvalue weighted by atomic mass is 16.2. The van der Waals surface area contributed by atoms with Crippen molar-refractivity contribution in [3.63, 3.8) is 0 Å². The van der Waals surface area contributed by atoms with Crippen LogP contribution >= 0.6 is 0 Å². The maximum atomic E-state index is 10.6. The average molecular weight is 127 g/mol. The fourth-order valence-corrected chi connectivity index (χ4v) is 0.578. The summed E-state index contributed by atoms with van der Waals surface area (Å²) in [4.78, 5) is 10.6. The topological polar surface area (TPSA) is 41.1 Å². The molecule has 0 unspecified atom stereocenters. The fourth-order valence-electron chi connectivity index (χ4n) is 0.578. The van der Waals surface area contributed by atoms with Gasteiger partial charge in [-0.2, -0.15) is 0 Å². The fraction of sp³-hybridized carbons (Fsp3) is 0.667. The summed E-state index contributed by atoms with van der Waals surface area (Å²) in [6.07, 6.45) is 2.26. The predicted molar refractivity (Wildman–Crippen MR) is 34.9 cm³/mol. The molecule has 2 amide bonds. The molecule has 1 aliphatic carbocycles. The van der Waals surface area contributed by atoms with Gasteiger partial charge < -0.3 is 10.6 Å². The van der Waals surface area contributed by atoms with Crippen LogP contribution in [0.4, 0.5) is 4.79 Å². The molecule has 0 aromatic heterocycles. The minimum atomic E-state index is -0.0903. The Morgan fingerprint density at radius 2 is 2.33 bits per heavy atom. The Morgan fingerprint density at radius 1 is 1.67 bits per heavy atom. The normalized spacial score (nSPS) is 17.0. The smallest absolute Gasteiger partial charge is 0.315 e. The van der Waals surface area contributed by atoms with Crippen LogP contribution in [0.5, 0.6) is 0 Å². The molecule has 0 heterocycles. The van der Waals surface area contributed by atoms with Crippen LogP contribution in [0.25, 0.3) is 0 Å². The minimum Gasteiger partial charge on any atom is -0.338 e. The second-order valence-electron chi connectivity index (χ2n) is 2.17. The molecule has 1 aliphatic rings. The molecule has 0 aromatic carbocycles. The van der Waals surface area contributed by atoms with Crippen LogP contribution in [0.3, 0.4) is 0 Å². The Balaban J connectivity index is 2.02. The van der Waals surface area contributed by atoms with Crippen LogP contribution in [-0.2, 0) is 0 Å². The van der Waals surface area contributed by atoms with Crippen molar-refractivity contribution in [2.45, 2.75) is 18.9 Å². The molecule has 0 aromatic rings. The molecule has 0 bridgehead atoms. The molecular weight excluding hydrogens is 116 g/mol. The van der Waals surface area contributed by atoms with E-state index in [1.165, 1.54) is 0 Å². The van der Waals surface area contributed by atoms with E-state index in [0.29, 0.717) is 12.6 Å². The van der Waals surface area contributed by atoms with Crippen LogP contribution in [-0.4, -0.2) is 18.6 Å². The van der Waals surface area contributed by atoms with Gasteiger partial charge >= 0.3 is 6.03 Å². The SMILES string of the molecule is [CH2]CNC(=O)NC1CC1. The van der Waals surface area contributed by atoms with Crippen molar-refractivity contribution in [2.75, 3.05) is 6.54 Å². The van der Waals surface area contributed by atoms with E-state index >= 15 is 0 Å². The van der Waals surface area contributed by atoms with Crippen molar-refractivity contribution in [1.29, 1.82) is 0 Å². The number of hydrogen-bond acceptors (Lipinski definition) is 1. The lowest BCUT2D eigenvalue weighted by Crippen LogP contribution is -2.36. The van der Waals surface area contributed by atoms with Crippen molar-refractivity contribution < 1.29 is 4.79 Å². The van der Waals surface area contributed by atoms with Gasteiger partial charge in [-0.25, -0.2) is 4.79 Å². The zero-order chi connectivity index (χ0) is 6.69. The Hall–Kier alpha value is -0.730. The lowest BCUT2D eigenvalue weighted by Gasteiger charge is -2.01. The van der Waals surface area contributed by atoms with E-state index in [1.54, 1.807) is 0 Å². The molecule has 0 saturated heterocycles. The van der Waals surface area contributed by atoms with Gasteiger partial charge in [0, 0.05) is 12.6 Å². The summed E-state index contributed by atoms with van der Waals surface area (Å²) >= 11 is 0. The monoisotopic (exact) mass is 127 g/mol. The van der Waals surface area contributed by atoms with Crippen molar-refractivity contribution in [2.24, 2.45) is 0 Å². The van der Waals surface area contributed by atoms with Gasteiger partial charge in [0.2, 0.25) is 0 Å². The molecule has 3 nitrogen and oxygen atoms in total. The number of rotatable bonds is 2. The van der Waals surface area contributed by atoms with Crippen LogP contribution in [0, 0.1) is 6.92 Å². The molecule has 0 atom stereocenters. The summed E-state index contributed by atoms with van der Waals surface area (Å²) in [5, 5.41) is 5.32. The summed E-state index contributed by atoms with van der Waals surface area (Å²) in [6.45, 7) is 3.94. The Labute approximate surface area is 54.8 Å². The molecule has 1 radical (unpaired) electrons. The van der Waals surface area contributed by atoms with Crippen LogP contribution in [0.2, 0.25) is 0 Å². The predicted octanol–water partition coefficient (Wildman–Crippen LogP) is 0.282. The summed E-state index contributed by atoms with van der Waals surface area (Å²) in [6, 6.07) is 0.351. The van der Waals surface area contributed by atoms with Crippen LogP contribution < -0.4 is 10.6 Å². The number of amides is 2. The van der Waals surface area contributed by atoms with E-state index in [-0.39, 0.29) is 6.03 Å². The molecule has 0 aliphatic heterocycles. The third-order valence-corrected chi connectivity index (χ3v) is 1.20. The first-order chi connectivity index (χ1) is 4.33. The first kappa shape index (κ1) is 6.39. The summed E-state index contributed by atoms with van der Waals surface area (Å²) < 4.78 is 0. The third-order valence-electron chi connectivity index (χ3n) is 1.20. The van der Waals surface area contributed by atoms with Crippen molar-refractivity contribution >= 4 is 6.03 Å². The van der Waals surface area contributed by atoms with Gasteiger partial charge in [0.05, 0.1) is 0 Å².